The molecule has 0 heterocycles. The Labute approximate surface area is 41.9 Å². The Bertz CT molecular complexity index is 71.3. The van der Waals surface area contributed by atoms with Gasteiger partial charge in [0, 0.05) is 12.2 Å². The molecule has 0 radical (unpaired) electrons. The van der Waals surface area contributed by atoms with E-state index in [2.05, 4.69) is 9.95 Å². The fraction of sp³-hybridized carbons (Fsp3) is 1.00. The van der Waals surface area contributed by atoms with E-state index in [1.807, 2.05) is 0 Å². The third-order valence-corrected chi connectivity index (χ3v) is 0.413. The molecule has 0 N–H and O–H groups in total. The highest BCUT2D eigenvalue weighted by molar-refractivity contribution is 4.09. The molecule has 0 aliphatic rings. The number of hydrogen-bond acceptors (Lipinski definition) is 3. The van der Waals surface area contributed by atoms with E-state index in [1.54, 1.807) is 6.92 Å². The maximum Gasteiger partial charge on any atom is 0.168 e. The molecule has 0 aromatic rings. The van der Waals surface area contributed by atoms with Crippen molar-refractivity contribution in [3.05, 3.63) is 5.21 Å². The molecule has 0 spiro atoms. The Morgan fingerprint density at radius 3 is 2.57 bits per heavy atom. The van der Waals surface area contributed by atoms with Crippen LogP contribution in [-0.4, -0.2) is 18.7 Å². The molecule has 7 heavy (non-hydrogen) atoms. The first-order chi connectivity index (χ1) is 3.31. The van der Waals surface area contributed by atoms with Gasteiger partial charge in [0.15, 0.2) is 5.02 Å². The normalized spacial score (nSPS) is 11.4. The Kier molecular flexibility index (Phi) is 3.00. The zero-order valence-corrected chi connectivity index (χ0v) is 4.42. The summed E-state index contributed by atoms with van der Waals surface area (Å²) >= 11 is 0. The lowest BCUT2D eigenvalue weighted by Crippen LogP contribution is -1.96. The first kappa shape index (κ1) is 6.20. The molecule has 0 atom stereocenters. The average Bonchev–Trinajstić information content (AvgIpc) is 1.68. The number of hydrogen-bond donors (Lipinski definition) is 0. The van der Waals surface area contributed by atoms with Crippen LogP contribution < -0.4 is 0 Å². The van der Waals surface area contributed by atoms with Gasteiger partial charge in [-0.2, -0.15) is 0 Å². The third kappa shape index (κ3) is 3.02. The van der Waals surface area contributed by atoms with Crippen LogP contribution in [0.1, 0.15) is 6.92 Å². The van der Waals surface area contributed by atoms with Gasteiger partial charge in [0.25, 0.3) is 0 Å². The monoisotopic (exact) mass is 104 g/mol. The van der Waals surface area contributed by atoms with E-state index < -0.39 is 0 Å². The van der Waals surface area contributed by atoms with Gasteiger partial charge in [0.05, 0.1) is 0 Å². The summed E-state index contributed by atoms with van der Waals surface area (Å²) in [6.07, 6.45) is 0. The van der Waals surface area contributed by atoms with E-state index in [4.69, 9.17) is 0 Å². The Morgan fingerprint density at radius 1 is 1.86 bits per heavy atom. The zero-order chi connectivity index (χ0) is 5.70. The molecule has 42 valence electrons. The molecule has 0 aliphatic carbocycles. The SMILES string of the molecule is CCN=[N+]([O-])OC. The van der Waals surface area contributed by atoms with Gasteiger partial charge in [-0.3, -0.25) is 0 Å². The second-order valence-electron chi connectivity index (χ2n) is 0.878. The van der Waals surface area contributed by atoms with Gasteiger partial charge >= 0.3 is 0 Å². The van der Waals surface area contributed by atoms with E-state index >= 15 is 0 Å². The molecular formula is C3H8N2O2. The summed E-state index contributed by atoms with van der Waals surface area (Å²) in [6, 6.07) is 0. The van der Waals surface area contributed by atoms with Crippen LogP contribution >= 0.6 is 0 Å². The van der Waals surface area contributed by atoms with Crippen LogP contribution in [0, 0.1) is 5.21 Å². The minimum Gasteiger partial charge on any atom is -0.384 e. The summed E-state index contributed by atoms with van der Waals surface area (Å²) in [5, 5.41) is 13.4. The summed E-state index contributed by atoms with van der Waals surface area (Å²) in [4.78, 5) is 4.10. The van der Waals surface area contributed by atoms with Gasteiger partial charge in [-0.05, 0) is 6.92 Å². The fourth-order valence-electron chi connectivity index (χ4n) is 0.173. The molecule has 0 rings (SSSR count). The van der Waals surface area contributed by atoms with Gasteiger partial charge < -0.3 is 4.84 Å². The van der Waals surface area contributed by atoms with Gasteiger partial charge in [-0.15, -0.1) is 0 Å². The lowest BCUT2D eigenvalue weighted by atomic mass is 10.8. The van der Waals surface area contributed by atoms with Crippen molar-refractivity contribution in [3.63, 3.8) is 0 Å². The van der Waals surface area contributed by atoms with Crippen LogP contribution in [0.4, 0.5) is 0 Å². The Hall–Kier alpha value is -0.800. The fourth-order valence-corrected chi connectivity index (χ4v) is 0.173. The van der Waals surface area contributed by atoms with Gasteiger partial charge in [-0.25, -0.2) is 5.21 Å². The highest BCUT2D eigenvalue weighted by atomic mass is 16.9. The molecule has 0 fully saturated rings. The molecule has 4 heteroatoms. The van der Waals surface area contributed by atoms with Crippen LogP contribution in [0.25, 0.3) is 0 Å². The van der Waals surface area contributed by atoms with Crippen LogP contribution in [0.5, 0.6) is 0 Å². The molecule has 0 bridgehead atoms. The van der Waals surface area contributed by atoms with E-state index in [1.165, 1.54) is 7.11 Å². The summed E-state index contributed by atoms with van der Waals surface area (Å²) in [7, 11) is 1.27. The minimum absolute atomic E-state index is 0.181. The van der Waals surface area contributed by atoms with Gasteiger partial charge in [0.1, 0.15) is 6.54 Å². The molecule has 0 aromatic carbocycles. The van der Waals surface area contributed by atoms with Crippen molar-refractivity contribution in [1.29, 1.82) is 0 Å². The van der Waals surface area contributed by atoms with Crippen LogP contribution in [0.3, 0.4) is 0 Å². The predicted molar refractivity (Wildman–Crippen MR) is 23.6 cm³/mol. The van der Waals surface area contributed by atoms with Gasteiger partial charge in [-0.1, -0.05) is 0 Å². The maximum atomic E-state index is 9.94. The van der Waals surface area contributed by atoms with Crippen LogP contribution in [-0.2, 0) is 4.84 Å². The molecule has 0 saturated carbocycles. The summed E-state index contributed by atoms with van der Waals surface area (Å²) in [5.74, 6) is 0. The first-order valence-corrected chi connectivity index (χ1v) is 2.00. The van der Waals surface area contributed by atoms with Crippen molar-refractivity contribution in [2.24, 2.45) is 5.11 Å². The summed E-state index contributed by atoms with van der Waals surface area (Å²) in [5.41, 5.74) is 0. The van der Waals surface area contributed by atoms with Gasteiger partial charge in [0.2, 0.25) is 0 Å². The average molecular weight is 104 g/mol. The molecular weight excluding hydrogens is 96.0 g/mol. The largest absolute Gasteiger partial charge is 0.384 e. The number of nitrogens with zero attached hydrogens (tertiary/aromatic N) is 2. The lowest BCUT2D eigenvalue weighted by Gasteiger charge is -1.88. The van der Waals surface area contributed by atoms with E-state index in [0.717, 1.165) is 0 Å². The molecule has 0 amide bonds. The summed E-state index contributed by atoms with van der Waals surface area (Å²) in [6.45, 7) is 2.21. The van der Waals surface area contributed by atoms with Crippen LogP contribution in [0.2, 0.25) is 0 Å². The van der Waals surface area contributed by atoms with Crippen molar-refractivity contribution in [3.8, 4) is 0 Å². The van der Waals surface area contributed by atoms with Crippen molar-refractivity contribution in [1.82, 2.24) is 0 Å². The highest BCUT2D eigenvalue weighted by Crippen LogP contribution is 1.72. The molecule has 4 nitrogen and oxygen atoms in total. The molecule has 0 saturated heterocycles. The maximum absolute atomic E-state index is 9.94. The number of rotatable bonds is 2. The smallest absolute Gasteiger partial charge is 0.168 e. The molecule has 0 aromatic heterocycles. The topological polar surface area (TPSA) is 47.7 Å². The van der Waals surface area contributed by atoms with Crippen molar-refractivity contribution >= 4 is 0 Å². The lowest BCUT2D eigenvalue weighted by molar-refractivity contribution is -0.783. The second kappa shape index (κ2) is 3.39. The Balaban J connectivity index is 3.29. The van der Waals surface area contributed by atoms with Crippen molar-refractivity contribution < 1.29 is 9.86 Å². The van der Waals surface area contributed by atoms with Crippen molar-refractivity contribution in [2.45, 2.75) is 6.92 Å². The third-order valence-electron chi connectivity index (χ3n) is 0.413. The van der Waals surface area contributed by atoms with E-state index in [9.17, 15) is 5.21 Å². The second-order valence-corrected chi connectivity index (χ2v) is 0.878. The summed E-state index contributed by atoms with van der Waals surface area (Å²) < 4.78 is 0. The standard InChI is InChI=1S/C3H8N2O2/c1-3-4-5(6)7-2/h3H2,1-2H3. The van der Waals surface area contributed by atoms with E-state index in [-0.39, 0.29) is 5.02 Å². The Morgan fingerprint density at radius 2 is 2.43 bits per heavy atom. The van der Waals surface area contributed by atoms with Crippen molar-refractivity contribution in [2.75, 3.05) is 13.7 Å². The highest BCUT2D eigenvalue weighted by Gasteiger charge is 1.81. The first-order valence-electron chi connectivity index (χ1n) is 2.00. The molecule has 0 unspecified atom stereocenters. The van der Waals surface area contributed by atoms with Crippen LogP contribution in [0.15, 0.2) is 5.11 Å². The zero-order valence-electron chi connectivity index (χ0n) is 4.42. The molecule has 0 aliphatic heterocycles. The minimum atomic E-state index is 0.181. The predicted octanol–water partition coefficient (Wildman–Crippen LogP) is 0.530. The van der Waals surface area contributed by atoms with E-state index in [0.29, 0.717) is 6.54 Å². The quantitative estimate of drug-likeness (QED) is 0.379.